The fourth-order valence-corrected chi connectivity index (χ4v) is 2.82. The normalized spacial score (nSPS) is 11.5. The summed E-state index contributed by atoms with van der Waals surface area (Å²) in [6.07, 6.45) is 1.71. The van der Waals surface area contributed by atoms with Crippen molar-refractivity contribution in [2.45, 2.75) is 13.8 Å². The van der Waals surface area contributed by atoms with Crippen LogP contribution in [0.15, 0.2) is 81.3 Å². The second kappa shape index (κ2) is 8.96. The maximum atomic E-state index is 4.29. The molecule has 7 heteroatoms. The lowest BCUT2D eigenvalue weighted by molar-refractivity contribution is 0.866. The van der Waals surface area contributed by atoms with E-state index in [2.05, 4.69) is 55.7 Å². The Kier molecular flexibility index (Phi) is 6.16. The second-order valence-corrected chi connectivity index (χ2v) is 6.27. The SMILES string of the molecule is CCN(CC)c1ccc(N=Nc2ccc(N=Nc3ccns3)cc2)cc1. The molecule has 0 unspecified atom stereocenters. The highest BCUT2D eigenvalue weighted by Crippen LogP contribution is 2.25. The summed E-state index contributed by atoms with van der Waals surface area (Å²) < 4.78 is 3.98. The van der Waals surface area contributed by atoms with Crippen LogP contribution in [0.2, 0.25) is 0 Å². The summed E-state index contributed by atoms with van der Waals surface area (Å²) >= 11 is 1.31. The molecule has 0 aliphatic heterocycles. The average Bonchev–Trinajstić information content (AvgIpc) is 3.21. The first-order valence-electron chi connectivity index (χ1n) is 8.47. The Labute approximate surface area is 157 Å². The summed E-state index contributed by atoms with van der Waals surface area (Å²) in [4.78, 5) is 2.29. The summed E-state index contributed by atoms with van der Waals surface area (Å²) in [5, 5.41) is 17.6. The number of azo groups is 2. The number of benzene rings is 2. The van der Waals surface area contributed by atoms with E-state index in [4.69, 9.17) is 0 Å². The predicted molar refractivity (Wildman–Crippen MR) is 107 cm³/mol. The first-order valence-corrected chi connectivity index (χ1v) is 9.25. The Hall–Kier alpha value is -2.93. The third-order valence-electron chi connectivity index (χ3n) is 3.80. The first-order chi connectivity index (χ1) is 12.8. The minimum Gasteiger partial charge on any atom is -0.372 e. The highest BCUT2D eigenvalue weighted by Gasteiger charge is 2.01. The molecular formula is C19H20N6S. The van der Waals surface area contributed by atoms with Crippen molar-refractivity contribution in [1.82, 2.24) is 4.37 Å². The van der Waals surface area contributed by atoms with Gasteiger partial charge in [0, 0.05) is 25.0 Å². The first kappa shape index (κ1) is 17.9. The lowest BCUT2D eigenvalue weighted by Gasteiger charge is -2.20. The van der Waals surface area contributed by atoms with Gasteiger partial charge in [-0.15, -0.1) is 10.2 Å². The van der Waals surface area contributed by atoms with E-state index in [1.165, 1.54) is 17.2 Å². The summed E-state index contributed by atoms with van der Waals surface area (Å²) in [5.41, 5.74) is 3.56. The molecule has 26 heavy (non-hydrogen) atoms. The second-order valence-electron chi connectivity index (χ2n) is 5.46. The van der Waals surface area contributed by atoms with Crippen LogP contribution in [0, 0.1) is 0 Å². The number of anilines is 1. The molecule has 0 fully saturated rings. The Morgan fingerprint density at radius 3 is 1.69 bits per heavy atom. The molecule has 0 aliphatic carbocycles. The van der Waals surface area contributed by atoms with Gasteiger partial charge in [-0.2, -0.15) is 14.6 Å². The molecule has 0 aliphatic rings. The van der Waals surface area contributed by atoms with Gasteiger partial charge in [-0.05, 0) is 80.0 Å². The maximum absolute atomic E-state index is 4.29. The topological polar surface area (TPSA) is 65.6 Å². The molecule has 0 radical (unpaired) electrons. The van der Waals surface area contributed by atoms with Gasteiger partial charge in [-0.3, -0.25) is 0 Å². The van der Waals surface area contributed by atoms with E-state index in [-0.39, 0.29) is 0 Å². The van der Waals surface area contributed by atoms with Crippen molar-refractivity contribution in [2.75, 3.05) is 18.0 Å². The smallest absolute Gasteiger partial charge is 0.158 e. The van der Waals surface area contributed by atoms with Crippen molar-refractivity contribution in [3.63, 3.8) is 0 Å². The van der Waals surface area contributed by atoms with Crippen molar-refractivity contribution in [2.24, 2.45) is 20.5 Å². The zero-order chi connectivity index (χ0) is 18.2. The monoisotopic (exact) mass is 364 g/mol. The van der Waals surface area contributed by atoms with Crippen LogP contribution < -0.4 is 4.90 Å². The van der Waals surface area contributed by atoms with E-state index in [0.717, 1.165) is 35.2 Å². The standard InChI is InChI=1S/C19H20N6S/c1-3-25(4-2)18-11-9-17(10-12-18)22-21-15-5-7-16(8-6-15)23-24-19-13-14-20-26-19/h5-14H,3-4H2,1-2H3. The fraction of sp³-hybridized carbons (Fsp3) is 0.211. The Morgan fingerprint density at radius 2 is 1.23 bits per heavy atom. The summed E-state index contributed by atoms with van der Waals surface area (Å²) in [5.74, 6) is 0. The fourth-order valence-electron chi connectivity index (χ4n) is 2.39. The van der Waals surface area contributed by atoms with Gasteiger partial charge in [0.1, 0.15) is 0 Å². The number of aromatic nitrogens is 1. The molecule has 1 aromatic heterocycles. The van der Waals surface area contributed by atoms with Crippen LogP contribution in [-0.2, 0) is 0 Å². The van der Waals surface area contributed by atoms with Gasteiger partial charge in [0.2, 0.25) is 0 Å². The number of hydrogen-bond acceptors (Lipinski definition) is 7. The molecule has 3 rings (SSSR count). The van der Waals surface area contributed by atoms with Crippen LogP contribution in [-0.4, -0.2) is 17.5 Å². The Bertz CT molecular complexity index is 850. The van der Waals surface area contributed by atoms with E-state index < -0.39 is 0 Å². The molecule has 0 N–H and O–H groups in total. The molecule has 0 atom stereocenters. The van der Waals surface area contributed by atoms with E-state index >= 15 is 0 Å². The zero-order valence-corrected chi connectivity index (χ0v) is 15.6. The van der Waals surface area contributed by atoms with Crippen molar-refractivity contribution in [3.05, 3.63) is 60.8 Å². The third-order valence-corrected chi connectivity index (χ3v) is 4.43. The largest absolute Gasteiger partial charge is 0.372 e. The molecule has 2 aromatic carbocycles. The molecule has 0 saturated carbocycles. The van der Waals surface area contributed by atoms with Crippen LogP contribution >= 0.6 is 11.5 Å². The lowest BCUT2D eigenvalue weighted by Crippen LogP contribution is -2.21. The van der Waals surface area contributed by atoms with Crippen LogP contribution in [0.25, 0.3) is 0 Å². The van der Waals surface area contributed by atoms with Gasteiger partial charge in [-0.1, -0.05) is 0 Å². The quantitative estimate of drug-likeness (QED) is 0.432. The number of rotatable bonds is 7. The highest BCUT2D eigenvalue weighted by atomic mass is 32.1. The average molecular weight is 364 g/mol. The van der Waals surface area contributed by atoms with Gasteiger partial charge in [-0.25, -0.2) is 0 Å². The van der Waals surface area contributed by atoms with Gasteiger partial charge in [0.05, 0.1) is 17.1 Å². The van der Waals surface area contributed by atoms with Gasteiger partial charge >= 0.3 is 0 Å². The Balaban J connectivity index is 1.63. The molecule has 0 bridgehead atoms. The summed E-state index contributed by atoms with van der Waals surface area (Å²) in [7, 11) is 0. The van der Waals surface area contributed by atoms with Crippen LogP contribution in [0.3, 0.4) is 0 Å². The summed E-state index contributed by atoms with van der Waals surface area (Å²) in [6, 6.07) is 17.4. The molecular weight excluding hydrogens is 344 g/mol. The van der Waals surface area contributed by atoms with E-state index in [0.29, 0.717) is 0 Å². The number of hydrogen-bond donors (Lipinski definition) is 0. The van der Waals surface area contributed by atoms with E-state index in [1.54, 1.807) is 6.20 Å². The molecule has 0 amide bonds. The van der Waals surface area contributed by atoms with Crippen molar-refractivity contribution < 1.29 is 0 Å². The highest BCUT2D eigenvalue weighted by molar-refractivity contribution is 7.09. The predicted octanol–water partition coefficient (Wildman–Crippen LogP) is 6.82. The van der Waals surface area contributed by atoms with Gasteiger partial charge in [0.25, 0.3) is 0 Å². The maximum Gasteiger partial charge on any atom is 0.158 e. The van der Waals surface area contributed by atoms with Gasteiger partial charge in [0.15, 0.2) is 5.00 Å². The van der Waals surface area contributed by atoms with Crippen molar-refractivity contribution in [1.29, 1.82) is 0 Å². The lowest BCUT2D eigenvalue weighted by atomic mass is 10.2. The van der Waals surface area contributed by atoms with Crippen molar-refractivity contribution in [3.8, 4) is 0 Å². The Morgan fingerprint density at radius 1 is 0.731 bits per heavy atom. The third kappa shape index (κ3) is 4.80. The van der Waals surface area contributed by atoms with E-state index in [1.807, 2.05) is 42.5 Å². The van der Waals surface area contributed by atoms with Crippen molar-refractivity contribution >= 4 is 39.3 Å². The van der Waals surface area contributed by atoms with Crippen LogP contribution in [0.4, 0.5) is 27.8 Å². The number of nitrogens with zero attached hydrogens (tertiary/aromatic N) is 6. The summed E-state index contributed by atoms with van der Waals surface area (Å²) in [6.45, 7) is 6.28. The minimum absolute atomic E-state index is 0.765. The van der Waals surface area contributed by atoms with Gasteiger partial charge < -0.3 is 4.90 Å². The molecule has 1 heterocycles. The zero-order valence-electron chi connectivity index (χ0n) is 14.8. The molecule has 0 saturated heterocycles. The molecule has 132 valence electrons. The van der Waals surface area contributed by atoms with Crippen LogP contribution in [0.1, 0.15) is 13.8 Å². The molecule has 6 nitrogen and oxygen atoms in total. The molecule has 3 aromatic rings. The van der Waals surface area contributed by atoms with Crippen LogP contribution in [0.5, 0.6) is 0 Å². The molecule has 0 spiro atoms. The van der Waals surface area contributed by atoms with E-state index in [9.17, 15) is 0 Å². The minimum atomic E-state index is 0.765.